The number of oxime groups is 1. The lowest BCUT2D eigenvalue weighted by Gasteiger charge is -2.13. The predicted octanol–water partition coefficient (Wildman–Crippen LogP) is 3.16. The second kappa shape index (κ2) is 5.82. The molecule has 0 bridgehead atoms. The number of sulfone groups is 1. The first-order valence-corrected chi connectivity index (χ1v) is 8.11. The van der Waals surface area contributed by atoms with Gasteiger partial charge < -0.3 is 9.57 Å². The second-order valence-corrected chi connectivity index (χ2v) is 7.60. The van der Waals surface area contributed by atoms with Gasteiger partial charge in [0.05, 0.1) is 0 Å². The zero-order valence-corrected chi connectivity index (χ0v) is 13.4. The maximum Gasteiger partial charge on any atom is 0.230 e. The highest BCUT2D eigenvalue weighted by molar-refractivity contribution is 8.06. The smallest absolute Gasteiger partial charge is 0.230 e. The van der Waals surface area contributed by atoms with Crippen LogP contribution < -0.4 is 4.74 Å². The monoisotopic (exact) mass is 375 g/mol. The van der Waals surface area contributed by atoms with Gasteiger partial charge in [-0.1, -0.05) is 16.8 Å². The van der Waals surface area contributed by atoms with E-state index in [0.29, 0.717) is 0 Å². The normalized spacial score (nSPS) is 16.9. The molecule has 1 aromatic rings. The molecule has 0 fully saturated rings. The van der Waals surface area contributed by atoms with E-state index in [-0.39, 0.29) is 6.42 Å². The Balaban J connectivity index is 2.25. The summed E-state index contributed by atoms with van der Waals surface area (Å²) in [6.45, 7) is 3.15. The predicted molar refractivity (Wildman–Crippen MR) is 72.9 cm³/mol. The molecule has 0 unspecified atom stereocenters. The molecule has 128 valence electrons. The number of rotatable bonds is 3. The van der Waals surface area contributed by atoms with E-state index in [9.17, 15) is 26.0 Å². The first kappa shape index (κ1) is 17.8. The van der Waals surface area contributed by atoms with Gasteiger partial charge in [-0.2, -0.15) is 8.78 Å². The van der Waals surface area contributed by atoms with Crippen LogP contribution in [-0.2, 0) is 14.7 Å². The van der Waals surface area contributed by atoms with Crippen LogP contribution in [0.25, 0.3) is 0 Å². The number of ether oxygens (including phenoxy) is 1. The maximum absolute atomic E-state index is 13.5. The van der Waals surface area contributed by atoms with Crippen molar-refractivity contribution in [2.45, 2.75) is 25.9 Å². The van der Waals surface area contributed by atoms with Gasteiger partial charge in [0.1, 0.15) is 10.6 Å². The number of halogens is 5. The van der Waals surface area contributed by atoms with Crippen molar-refractivity contribution in [3.05, 3.63) is 28.3 Å². The molecule has 0 atom stereocenters. The Labute approximate surface area is 133 Å². The minimum atomic E-state index is -4.21. The summed E-state index contributed by atoms with van der Waals surface area (Å²) in [5, 5.41) is 1.56. The molecule has 1 aliphatic heterocycles. The van der Waals surface area contributed by atoms with Crippen molar-refractivity contribution in [1.29, 1.82) is 0 Å². The third kappa shape index (κ3) is 3.37. The van der Waals surface area contributed by atoms with Crippen molar-refractivity contribution in [3.63, 3.8) is 0 Å². The summed E-state index contributed by atoms with van der Waals surface area (Å²) in [6.07, 6.45) is -0.0903. The van der Waals surface area contributed by atoms with Gasteiger partial charge in [0.25, 0.3) is 0 Å². The Hall–Kier alpha value is -1.55. The Morgan fingerprint density at radius 3 is 2.13 bits per heavy atom. The Morgan fingerprint density at radius 1 is 1.17 bits per heavy atom. The van der Waals surface area contributed by atoms with Crippen molar-refractivity contribution in [2.24, 2.45) is 5.16 Å². The lowest BCUT2D eigenvalue weighted by Crippen LogP contribution is -2.26. The van der Waals surface area contributed by atoms with Crippen molar-refractivity contribution in [3.8, 4) is 5.75 Å². The van der Waals surface area contributed by atoms with E-state index in [4.69, 9.17) is 16.4 Å². The average Bonchev–Trinajstić information content (AvgIpc) is 2.84. The van der Waals surface area contributed by atoms with Crippen molar-refractivity contribution in [1.82, 2.24) is 0 Å². The fourth-order valence-electron chi connectivity index (χ4n) is 1.69. The summed E-state index contributed by atoms with van der Waals surface area (Å²) in [6, 6.07) is 0. The summed E-state index contributed by atoms with van der Waals surface area (Å²) in [4.78, 5) is 4.86. The van der Waals surface area contributed by atoms with Gasteiger partial charge in [-0.25, -0.2) is 17.2 Å². The van der Waals surface area contributed by atoms with E-state index in [1.54, 1.807) is 13.8 Å². The molecule has 0 spiro atoms. The molecular weight excluding hydrogens is 366 g/mol. The van der Waals surface area contributed by atoms with E-state index in [0.717, 1.165) is 0 Å². The Kier molecular flexibility index (Phi) is 4.51. The summed E-state index contributed by atoms with van der Waals surface area (Å²) in [5.41, 5.74) is -0.864. The van der Waals surface area contributed by atoms with Crippen LogP contribution in [0.5, 0.6) is 5.75 Å². The first-order chi connectivity index (χ1) is 10.5. The van der Waals surface area contributed by atoms with Gasteiger partial charge in [-0.15, -0.1) is 0 Å². The topological polar surface area (TPSA) is 65.0 Å². The molecule has 2 rings (SSSR count). The van der Waals surface area contributed by atoms with Gasteiger partial charge in [0, 0.05) is 6.42 Å². The SMILES string of the molecule is CC1(C)CC(S(=O)(=O)COc2c(F)c(F)c(Cl)c(F)c2F)=NO1. The summed E-state index contributed by atoms with van der Waals surface area (Å²) in [5.74, 6) is -10.4. The lowest BCUT2D eigenvalue weighted by molar-refractivity contribution is 0.0123. The van der Waals surface area contributed by atoms with Crippen LogP contribution in [0.15, 0.2) is 5.16 Å². The van der Waals surface area contributed by atoms with Crippen LogP contribution in [0.1, 0.15) is 20.3 Å². The molecule has 0 amide bonds. The van der Waals surface area contributed by atoms with Crippen LogP contribution in [0, 0.1) is 23.3 Å². The van der Waals surface area contributed by atoms with E-state index >= 15 is 0 Å². The van der Waals surface area contributed by atoms with Gasteiger partial charge in [0.2, 0.25) is 21.5 Å². The highest BCUT2D eigenvalue weighted by Gasteiger charge is 2.37. The highest BCUT2D eigenvalue weighted by Crippen LogP contribution is 2.33. The number of hydrogen-bond acceptors (Lipinski definition) is 5. The molecule has 1 heterocycles. The Bertz CT molecular complexity index is 766. The molecule has 0 N–H and O–H groups in total. The van der Waals surface area contributed by atoms with Crippen LogP contribution in [0.2, 0.25) is 5.02 Å². The molecule has 23 heavy (non-hydrogen) atoms. The third-order valence-corrected chi connectivity index (χ3v) is 4.56. The second-order valence-electron chi connectivity index (χ2n) is 5.29. The number of nitrogens with zero attached hydrogens (tertiary/aromatic N) is 1. The lowest BCUT2D eigenvalue weighted by atomic mass is 10.1. The van der Waals surface area contributed by atoms with Crippen molar-refractivity contribution >= 4 is 26.5 Å². The summed E-state index contributed by atoms with van der Waals surface area (Å²) < 4.78 is 81.9. The Morgan fingerprint density at radius 2 is 1.70 bits per heavy atom. The minimum absolute atomic E-state index is 0.0903. The fourth-order valence-corrected chi connectivity index (χ4v) is 2.98. The van der Waals surface area contributed by atoms with Crippen LogP contribution in [-0.4, -0.2) is 25.0 Å². The summed E-state index contributed by atoms with van der Waals surface area (Å²) >= 11 is 5.05. The molecule has 1 aliphatic rings. The zero-order chi connectivity index (χ0) is 17.6. The third-order valence-electron chi connectivity index (χ3n) is 2.86. The van der Waals surface area contributed by atoms with Gasteiger partial charge in [-0.3, -0.25) is 0 Å². The zero-order valence-electron chi connectivity index (χ0n) is 11.8. The van der Waals surface area contributed by atoms with Crippen molar-refractivity contribution in [2.75, 3.05) is 5.94 Å². The largest absolute Gasteiger partial charge is 0.471 e. The van der Waals surface area contributed by atoms with Crippen LogP contribution in [0.3, 0.4) is 0 Å². The van der Waals surface area contributed by atoms with E-state index < -0.39 is 60.5 Å². The molecule has 0 aliphatic carbocycles. The molecule has 11 heteroatoms. The molecule has 0 radical (unpaired) electrons. The van der Waals surface area contributed by atoms with Gasteiger partial charge >= 0.3 is 0 Å². The molecule has 0 saturated heterocycles. The first-order valence-electron chi connectivity index (χ1n) is 6.08. The maximum atomic E-state index is 13.5. The molecule has 5 nitrogen and oxygen atoms in total. The molecule has 1 aromatic carbocycles. The molecule has 0 saturated carbocycles. The van der Waals surface area contributed by atoms with Crippen LogP contribution >= 0.6 is 11.6 Å². The van der Waals surface area contributed by atoms with Gasteiger partial charge in [-0.05, 0) is 13.8 Å². The molecular formula is C12H10ClF4NO4S. The standard InChI is InChI=1S/C12H10ClF4NO4S/c1-12(2)3-5(18-22-12)23(19,20)4-21-11-9(16)7(14)6(13)8(15)10(11)17/h3-4H2,1-2H3. The average molecular weight is 376 g/mol. The van der Waals surface area contributed by atoms with Gasteiger partial charge in [0.15, 0.2) is 28.4 Å². The number of benzene rings is 1. The highest BCUT2D eigenvalue weighted by atomic mass is 35.5. The quantitative estimate of drug-likeness (QED) is 0.462. The summed E-state index contributed by atoms with van der Waals surface area (Å²) in [7, 11) is -4.21. The van der Waals surface area contributed by atoms with E-state index in [2.05, 4.69) is 9.89 Å². The van der Waals surface area contributed by atoms with Crippen molar-refractivity contribution < 1.29 is 35.6 Å². The van der Waals surface area contributed by atoms with Crippen LogP contribution in [0.4, 0.5) is 17.6 Å². The van der Waals surface area contributed by atoms with E-state index in [1.807, 2.05) is 0 Å². The number of hydrogen-bond donors (Lipinski definition) is 0. The molecule has 0 aromatic heterocycles. The minimum Gasteiger partial charge on any atom is -0.471 e. The fraction of sp³-hybridized carbons (Fsp3) is 0.417. The van der Waals surface area contributed by atoms with E-state index in [1.165, 1.54) is 0 Å².